The molecule has 1 saturated heterocycles. The van der Waals surface area contributed by atoms with Crippen LogP contribution in [0.25, 0.3) is 0 Å². The highest BCUT2D eigenvalue weighted by atomic mass is 16.6. The normalized spacial score (nSPS) is 18.3. The Morgan fingerprint density at radius 2 is 1.62 bits per heavy atom. The molecule has 0 unspecified atom stereocenters. The van der Waals surface area contributed by atoms with Crippen LogP contribution >= 0.6 is 0 Å². The van der Waals surface area contributed by atoms with Crippen molar-refractivity contribution in [1.29, 1.82) is 0 Å². The van der Waals surface area contributed by atoms with E-state index in [4.69, 9.17) is 4.74 Å². The first-order chi connectivity index (χ1) is 15.2. The molecule has 3 rings (SSSR count). The summed E-state index contributed by atoms with van der Waals surface area (Å²) >= 11 is 0. The Morgan fingerprint density at radius 3 is 2.19 bits per heavy atom. The quantitative estimate of drug-likeness (QED) is 0.475. The number of likely N-dealkylation sites (tertiary alicyclic amines) is 1. The second-order valence-electron chi connectivity index (χ2n) is 10.3. The van der Waals surface area contributed by atoms with Gasteiger partial charge in [-0.25, -0.2) is 0 Å². The van der Waals surface area contributed by atoms with E-state index in [1.54, 1.807) is 0 Å². The van der Waals surface area contributed by atoms with Crippen molar-refractivity contribution in [3.63, 3.8) is 0 Å². The van der Waals surface area contributed by atoms with Crippen LogP contribution in [0.4, 0.5) is 0 Å². The predicted octanol–water partition coefficient (Wildman–Crippen LogP) is 5.66. The van der Waals surface area contributed by atoms with Crippen LogP contribution < -0.4 is 0 Å². The van der Waals surface area contributed by atoms with Gasteiger partial charge >= 0.3 is 5.97 Å². The first-order valence-electron chi connectivity index (χ1n) is 12.0. The van der Waals surface area contributed by atoms with Crippen LogP contribution in [0.2, 0.25) is 0 Å². The molecule has 0 N–H and O–H groups in total. The molecule has 0 bridgehead atoms. The van der Waals surface area contributed by atoms with E-state index < -0.39 is 5.60 Å². The van der Waals surface area contributed by atoms with Crippen LogP contribution in [0, 0.1) is 0 Å². The van der Waals surface area contributed by atoms with E-state index in [-0.39, 0.29) is 12.0 Å². The van der Waals surface area contributed by atoms with Gasteiger partial charge in [-0.15, -0.1) is 0 Å². The van der Waals surface area contributed by atoms with Crippen molar-refractivity contribution in [1.82, 2.24) is 9.80 Å². The fourth-order valence-corrected chi connectivity index (χ4v) is 4.81. The second kappa shape index (κ2) is 11.1. The van der Waals surface area contributed by atoms with Gasteiger partial charge < -0.3 is 4.74 Å². The molecule has 2 aromatic carbocycles. The molecular formula is C28H40N2O2. The minimum absolute atomic E-state index is 0.104. The van der Waals surface area contributed by atoms with Gasteiger partial charge in [0.25, 0.3) is 0 Å². The van der Waals surface area contributed by atoms with Crippen LogP contribution in [-0.2, 0) is 22.6 Å². The van der Waals surface area contributed by atoms with Crippen molar-refractivity contribution in [2.45, 2.75) is 90.7 Å². The summed E-state index contributed by atoms with van der Waals surface area (Å²) in [4.78, 5) is 18.1. The number of hydrogen-bond acceptors (Lipinski definition) is 4. The summed E-state index contributed by atoms with van der Waals surface area (Å²) in [6.07, 6.45) is 2.69. The lowest BCUT2D eigenvalue weighted by molar-refractivity contribution is -0.157. The van der Waals surface area contributed by atoms with E-state index >= 15 is 0 Å². The van der Waals surface area contributed by atoms with Gasteiger partial charge in [0.2, 0.25) is 0 Å². The molecule has 2 aromatic rings. The topological polar surface area (TPSA) is 32.8 Å². The molecule has 2 atom stereocenters. The molecule has 4 heteroatoms. The molecule has 0 radical (unpaired) electrons. The standard InChI is InChI=1S/C28H40N2O2/c1-22(2)30(21-24-15-10-7-11-16-24)26(19-27(31)32-28(3,4)5)25-17-12-18-29(25)20-23-13-8-6-9-14-23/h6-11,13-16,22,25-26H,12,17-21H2,1-5H3/t25-,26+/m1/s1. The Kier molecular flexibility index (Phi) is 8.50. The van der Waals surface area contributed by atoms with Crippen molar-refractivity contribution in [2.75, 3.05) is 6.54 Å². The zero-order valence-electron chi connectivity index (χ0n) is 20.5. The summed E-state index contributed by atoms with van der Waals surface area (Å²) in [6.45, 7) is 13.1. The molecule has 0 aromatic heterocycles. The van der Waals surface area contributed by atoms with E-state index in [2.05, 4.69) is 84.3 Å². The number of carbonyl (C=O) groups is 1. The first-order valence-corrected chi connectivity index (χ1v) is 12.0. The van der Waals surface area contributed by atoms with Crippen LogP contribution in [0.5, 0.6) is 0 Å². The van der Waals surface area contributed by atoms with E-state index in [1.807, 2.05) is 20.8 Å². The largest absolute Gasteiger partial charge is 0.460 e. The Labute approximate surface area is 194 Å². The van der Waals surface area contributed by atoms with E-state index in [9.17, 15) is 4.79 Å². The van der Waals surface area contributed by atoms with Gasteiger partial charge in [0.1, 0.15) is 5.60 Å². The zero-order valence-corrected chi connectivity index (χ0v) is 20.5. The van der Waals surface area contributed by atoms with Gasteiger partial charge in [-0.1, -0.05) is 60.7 Å². The number of esters is 1. The molecule has 32 heavy (non-hydrogen) atoms. The van der Waals surface area contributed by atoms with Crippen molar-refractivity contribution in [2.24, 2.45) is 0 Å². The fraction of sp³-hybridized carbons (Fsp3) is 0.536. The molecule has 1 fully saturated rings. The summed E-state index contributed by atoms with van der Waals surface area (Å²) < 4.78 is 5.78. The molecule has 1 heterocycles. The average Bonchev–Trinajstić information content (AvgIpc) is 3.18. The lowest BCUT2D eigenvalue weighted by atomic mass is 9.97. The molecule has 1 aliphatic rings. The molecule has 4 nitrogen and oxygen atoms in total. The molecule has 1 aliphatic heterocycles. The van der Waals surface area contributed by atoms with Crippen LogP contribution in [-0.4, -0.2) is 46.0 Å². The summed E-state index contributed by atoms with van der Waals surface area (Å²) in [5, 5.41) is 0. The third kappa shape index (κ3) is 7.18. The van der Waals surface area contributed by atoms with Crippen molar-refractivity contribution < 1.29 is 9.53 Å². The molecule has 174 valence electrons. The van der Waals surface area contributed by atoms with Gasteiger partial charge in [-0.05, 0) is 65.1 Å². The fourth-order valence-electron chi connectivity index (χ4n) is 4.81. The van der Waals surface area contributed by atoms with Crippen molar-refractivity contribution in [3.8, 4) is 0 Å². The number of carbonyl (C=O) groups excluding carboxylic acids is 1. The number of rotatable bonds is 9. The summed E-state index contributed by atoms with van der Waals surface area (Å²) in [5.41, 5.74) is 2.14. The maximum absolute atomic E-state index is 13.0. The summed E-state index contributed by atoms with van der Waals surface area (Å²) in [5.74, 6) is -0.104. The average molecular weight is 437 g/mol. The third-order valence-electron chi connectivity index (χ3n) is 6.18. The summed E-state index contributed by atoms with van der Waals surface area (Å²) in [6, 6.07) is 22.0. The van der Waals surface area contributed by atoms with Gasteiger partial charge in [-0.3, -0.25) is 14.6 Å². The highest BCUT2D eigenvalue weighted by molar-refractivity contribution is 5.70. The Hall–Kier alpha value is -2.17. The number of hydrogen-bond donors (Lipinski definition) is 0. The highest BCUT2D eigenvalue weighted by Crippen LogP contribution is 2.30. The number of benzene rings is 2. The minimum Gasteiger partial charge on any atom is -0.460 e. The number of ether oxygens (including phenoxy) is 1. The van der Waals surface area contributed by atoms with Crippen LogP contribution in [0.15, 0.2) is 60.7 Å². The van der Waals surface area contributed by atoms with Crippen molar-refractivity contribution in [3.05, 3.63) is 71.8 Å². The van der Waals surface area contributed by atoms with Gasteiger partial charge in [0, 0.05) is 31.2 Å². The lowest BCUT2D eigenvalue weighted by Gasteiger charge is -2.41. The molecule has 0 amide bonds. The van der Waals surface area contributed by atoms with Crippen molar-refractivity contribution >= 4 is 5.97 Å². The SMILES string of the molecule is CC(C)N(Cc1ccccc1)[C@@H](CC(=O)OC(C)(C)C)[C@H]1CCCN1Cc1ccccc1. The predicted molar refractivity (Wildman–Crippen MR) is 131 cm³/mol. The molecule has 0 aliphatic carbocycles. The number of nitrogens with zero attached hydrogens (tertiary/aromatic N) is 2. The molecule has 0 saturated carbocycles. The van der Waals surface area contributed by atoms with Crippen LogP contribution in [0.3, 0.4) is 0 Å². The van der Waals surface area contributed by atoms with Gasteiger partial charge in [0.15, 0.2) is 0 Å². The second-order valence-corrected chi connectivity index (χ2v) is 10.3. The first kappa shape index (κ1) is 24.5. The summed E-state index contributed by atoms with van der Waals surface area (Å²) in [7, 11) is 0. The Bertz CT molecular complexity index is 830. The van der Waals surface area contributed by atoms with E-state index in [1.165, 1.54) is 17.5 Å². The third-order valence-corrected chi connectivity index (χ3v) is 6.18. The minimum atomic E-state index is -0.469. The lowest BCUT2D eigenvalue weighted by Crippen LogP contribution is -2.52. The maximum Gasteiger partial charge on any atom is 0.307 e. The van der Waals surface area contributed by atoms with E-state index in [0.717, 1.165) is 26.1 Å². The smallest absolute Gasteiger partial charge is 0.307 e. The molecule has 0 spiro atoms. The van der Waals surface area contributed by atoms with E-state index in [0.29, 0.717) is 18.5 Å². The van der Waals surface area contributed by atoms with Gasteiger partial charge in [-0.2, -0.15) is 0 Å². The highest BCUT2D eigenvalue weighted by Gasteiger charge is 2.38. The monoisotopic (exact) mass is 436 g/mol. The zero-order chi connectivity index (χ0) is 23.1. The maximum atomic E-state index is 13.0. The van der Waals surface area contributed by atoms with Gasteiger partial charge in [0.05, 0.1) is 6.42 Å². The Morgan fingerprint density at radius 1 is 1.03 bits per heavy atom. The van der Waals surface area contributed by atoms with Crippen LogP contribution in [0.1, 0.15) is 65.0 Å². The molecular weight excluding hydrogens is 396 g/mol. The Balaban J connectivity index is 1.86.